The van der Waals surface area contributed by atoms with Crippen LogP contribution in [0.1, 0.15) is 0 Å². The summed E-state index contributed by atoms with van der Waals surface area (Å²) in [4.78, 5) is 0. The second-order valence-corrected chi connectivity index (χ2v) is 32.6. The molecular formula is C120H80N6. The molecule has 26 rings (SSSR count). The lowest BCUT2D eigenvalue weighted by atomic mass is 10.0. The van der Waals surface area contributed by atoms with Gasteiger partial charge in [0.15, 0.2) is 0 Å². The topological polar surface area (TPSA) is 29.6 Å². The molecular weight excluding hydrogens is 1530 g/mol. The Morgan fingerprint density at radius 1 is 0.103 bits per heavy atom. The third-order valence-corrected chi connectivity index (χ3v) is 25.5. The van der Waals surface area contributed by atoms with Gasteiger partial charge in [0.05, 0.1) is 71.9 Å². The lowest BCUT2D eigenvalue weighted by Crippen LogP contribution is -1.97. The van der Waals surface area contributed by atoms with Crippen molar-refractivity contribution in [2.24, 2.45) is 0 Å². The van der Waals surface area contributed by atoms with Crippen molar-refractivity contribution in [1.29, 1.82) is 0 Å². The molecule has 0 unspecified atom stereocenters. The normalized spacial score (nSPS) is 11.7. The third kappa shape index (κ3) is 12.4. The minimum atomic E-state index is 1.17. The van der Waals surface area contributed by atoms with Gasteiger partial charge < -0.3 is 27.4 Å². The van der Waals surface area contributed by atoms with Gasteiger partial charge in [0, 0.05) is 98.6 Å². The molecule has 0 atom stereocenters. The van der Waals surface area contributed by atoms with Gasteiger partial charge in [-0.15, -0.1) is 0 Å². The van der Waals surface area contributed by atoms with Crippen LogP contribution in [0.25, 0.3) is 221 Å². The SMILES string of the molecule is c1ccc(-c2cccc(-n3c4ccccc4c4cc(-c5ccc6c(c5)c5ccccc5n6-c5ccccc5)ccc43)c2)cc1.c1ccc(-c2ccccc2-n2c3ccccc3c3cc(-c4ccc5c(c4)c4ccccc4n5-c4ccccc4)ccc32)cc1.c1ccc(-n2c3ccccc3c3cc(-c4ccc5c(c4)c4ccccc4n5-c4ccccc4)ccc32)cc1. The second-order valence-electron chi connectivity index (χ2n) is 32.6. The van der Waals surface area contributed by atoms with Crippen molar-refractivity contribution in [3.63, 3.8) is 0 Å². The fourth-order valence-corrected chi connectivity index (χ4v) is 19.9. The van der Waals surface area contributed by atoms with Crippen LogP contribution in [0.3, 0.4) is 0 Å². The minimum absolute atomic E-state index is 1.17. The summed E-state index contributed by atoms with van der Waals surface area (Å²) in [5.74, 6) is 0. The summed E-state index contributed by atoms with van der Waals surface area (Å²) in [6, 6.07) is 175. The molecule has 6 heterocycles. The number of aromatic nitrogens is 6. The first-order chi connectivity index (χ1) is 62.5. The standard InChI is InChI=1S/2C42H28N2.C36H24N2/c1-3-13-29(14-4-1)33-17-7-10-20-38(33)44-40-22-12-9-19-35(40)37-28-31(24-26-42(37)44)30-23-25-41-36(27-30)34-18-8-11-21-39(34)43(41)32-15-5-2-6-16-32;1-3-12-29(13-4-1)30-14-11-17-34(26-30)44-40-21-10-8-19-36(40)38-28-32(23-25-42(38)44)31-22-24-41-37(27-31)35-18-7-9-20-39(35)43(41)33-15-5-2-6-16-33;1-3-11-27(12-4-1)37-33-17-9-7-15-29(33)31-23-25(19-21-35(31)37)26-20-22-36-32(24-26)30-16-8-10-18-34(30)38(36)28-13-5-2-6-14-28/h2*1-28H;1-24H. The molecule has 6 nitrogen and oxygen atoms in total. The van der Waals surface area contributed by atoms with E-state index in [0.717, 1.165) is 0 Å². The molecule has 20 aromatic carbocycles. The molecule has 26 aromatic rings. The van der Waals surface area contributed by atoms with Crippen LogP contribution >= 0.6 is 0 Å². The summed E-state index contributed by atoms with van der Waals surface area (Å²) >= 11 is 0. The molecule has 0 spiro atoms. The Labute approximate surface area is 728 Å². The van der Waals surface area contributed by atoms with Crippen LogP contribution in [-0.4, -0.2) is 27.4 Å². The molecule has 6 aromatic heterocycles. The molecule has 0 amide bonds. The van der Waals surface area contributed by atoms with Crippen LogP contribution in [0.5, 0.6) is 0 Å². The zero-order valence-electron chi connectivity index (χ0n) is 68.9. The van der Waals surface area contributed by atoms with E-state index in [9.17, 15) is 0 Å². The van der Waals surface area contributed by atoms with Gasteiger partial charge in [-0.3, -0.25) is 0 Å². The summed E-state index contributed by atoms with van der Waals surface area (Å²) in [6.07, 6.45) is 0. The molecule has 6 heteroatoms. The van der Waals surface area contributed by atoms with Gasteiger partial charge in [-0.25, -0.2) is 0 Å². The van der Waals surface area contributed by atoms with E-state index in [0.29, 0.717) is 0 Å². The van der Waals surface area contributed by atoms with Crippen molar-refractivity contribution in [2.75, 3.05) is 0 Å². The summed E-state index contributed by atoms with van der Waals surface area (Å²) in [5, 5.41) is 15.2. The molecule has 0 radical (unpaired) electrons. The van der Waals surface area contributed by atoms with Gasteiger partial charge in [0.2, 0.25) is 0 Å². The van der Waals surface area contributed by atoms with E-state index in [2.05, 4.69) is 513 Å². The highest BCUT2D eigenvalue weighted by atomic mass is 15.0. The van der Waals surface area contributed by atoms with Crippen LogP contribution in [0.4, 0.5) is 0 Å². The highest BCUT2D eigenvalue weighted by Gasteiger charge is 2.23. The van der Waals surface area contributed by atoms with Gasteiger partial charge in [-0.2, -0.15) is 0 Å². The van der Waals surface area contributed by atoms with Gasteiger partial charge in [0.1, 0.15) is 0 Å². The summed E-state index contributed by atoms with van der Waals surface area (Å²) in [6.45, 7) is 0. The average molecular weight is 1610 g/mol. The molecule has 0 aliphatic carbocycles. The number of benzene rings is 20. The van der Waals surface area contributed by atoms with Crippen LogP contribution in [0.15, 0.2) is 485 Å². The lowest BCUT2D eigenvalue weighted by Gasteiger charge is -2.14. The van der Waals surface area contributed by atoms with Crippen molar-refractivity contribution in [3.8, 4) is 89.8 Å². The first-order valence-electron chi connectivity index (χ1n) is 43.3. The van der Waals surface area contributed by atoms with Crippen LogP contribution < -0.4 is 0 Å². The maximum absolute atomic E-state index is 2.42. The predicted molar refractivity (Wildman–Crippen MR) is 533 cm³/mol. The Morgan fingerprint density at radius 3 is 0.603 bits per heavy atom. The molecule has 0 fully saturated rings. The van der Waals surface area contributed by atoms with E-state index in [-0.39, 0.29) is 0 Å². The first-order valence-corrected chi connectivity index (χ1v) is 43.3. The average Bonchev–Trinajstić information content (AvgIpc) is 1.60. The number of rotatable bonds is 11. The lowest BCUT2D eigenvalue weighted by molar-refractivity contribution is 1.18. The molecule has 590 valence electrons. The maximum Gasteiger partial charge on any atom is 0.0541 e. The summed E-state index contributed by atoms with van der Waals surface area (Å²) in [5.41, 5.74) is 33.9. The molecule has 0 aliphatic heterocycles. The molecule has 0 bridgehead atoms. The number of para-hydroxylation sites is 11. The first kappa shape index (κ1) is 73.1. The van der Waals surface area contributed by atoms with E-state index in [1.54, 1.807) is 0 Å². The second kappa shape index (κ2) is 30.7. The van der Waals surface area contributed by atoms with E-state index in [1.165, 1.54) is 221 Å². The molecule has 126 heavy (non-hydrogen) atoms. The third-order valence-electron chi connectivity index (χ3n) is 25.5. The van der Waals surface area contributed by atoms with Crippen LogP contribution in [0, 0.1) is 0 Å². The monoisotopic (exact) mass is 1600 g/mol. The fraction of sp³-hybridized carbons (Fsp3) is 0. The van der Waals surface area contributed by atoms with Crippen molar-refractivity contribution in [3.05, 3.63) is 485 Å². The fourth-order valence-electron chi connectivity index (χ4n) is 19.9. The number of hydrogen-bond acceptors (Lipinski definition) is 0. The van der Waals surface area contributed by atoms with Crippen molar-refractivity contribution in [1.82, 2.24) is 27.4 Å². The molecule has 0 aliphatic rings. The highest BCUT2D eigenvalue weighted by Crippen LogP contribution is 2.45. The Bertz CT molecular complexity index is 8530. The Balaban J connectivity index is 0.000000106. The molecule has 0 saturated carbocycles. The summed E-state index contributed by atoms with van der Waals surface area (Å²) < 4.78 is 14.3. The summed E-state index contributed by atoms with van der Waals surface area (Å²) in [7, 11) is 0. The van der Waals surface area contributed by atoms with E-state index in [1.807, 2.05) is 0 Å². The highest BCUT2D eigenvalue weighted by molar-refractivity contribution is 6.17. The van der Waals surface area contributed by atoms with Gasteiger partial charge in [-0.1, -0.05) is 309 Å². The Kier molecular flexibility index (Phi) is 17.8. The number of fused-ring (bicyclic) bond motifs is 18. The smallest absolute Gasteiger partial charge is 0.0541 e. The van der Waals surface area contributed by atoms with Crippen molar-refractivity contribution in [2.45, 2.75) is 0 Å². The zero-order chi connectivity index (χ0) is 83.1. The van der Waals surface area contributed by atoms with E-state index >= 15 is 0 Å². The van der Waals surface area contributed by atoms with Gasteiger partial charge in [0.25, 0.3) is 0 Å². The Morgan fingerprint density at radius 2 is 0.302 bits per heavy atom. The van der Waals surface area contributed by atoms with E-state index < -0.39 is 0 Å². The molecule has 0 N–H and O–H groups in total. The minimum Gasteiger partial charge on any atom is -0.309 e. The van der Waals surface area contributed by atoms with Gasteiger partial charge in [-0.05, 0) is 226 Å². The van der Waals surface area contributed by atoms with Crippen molar-refractivity contribution >= 4 is 131 Å². The van der Waals surface area contributed by atoms with Gasteiger partial charge >= 0.3 is 0 Å². The maximum atomic E-state index is 2.42. The predicted octanol–water partition coefficient (Wildman–Crippen LogP) is 32.0. The van der Waals surface area contributed by atoms with Crippen LogP contribution in [-0.2, 0) is 0 Å². The molecule has 0 saturated heterocycles. The van der Waals surface area contributed by atoms with Crippen LogP contribution in [0.2, 0.25) is 0 Å². The zero-order valence-corrected chi connectivity index (χ0v) is 68.9. The number of nitrogens with zero attached hydrogens (tertiary/aromatic N) is 6. The number of hydrogen-bond donors (Lipinski definition) is 0. The van der Waals surface area contributed by atoms with Crippen molar-refractivity contribution < 1.29 is 0 Å². The Hall–Kier alpha value is -16.8. The van der Waals surface area contributed by atoms with E-state index in [4.69, 9.17) is 0 Å². The quantitative estimate of drug-likeness (QED) is 0.124. The largest absolute Gasteiger partial charge is 0.309 e.